The molecule has 0 saturated heterocycles. The Kier molecular flexibility index (Phi) is 5.39. The van der Waals surface area contributed by atoms with Crippen LogP contribution in [0.3, 0.4) is 0 Å². The van der Waals surface area contributed by atoms with Crippen molar-refractivity contribution in [2.45, 2.75) is 6.04 Å². The van der Waals surface area contributed by atoms with E-state index in [9.17, 15) is 13.5 Å². The third kappa shape index (κ3) is 4.42. The van der Waals surface area contributed by atoms with Crippen LogP contribution in [0.2, 0.25) is 0 Å². The molecular weight excluding hydrogens is 402 g/mol. The maximum atomic E-state index is 11.4. The molecule has 0 bridgehead atoms. The minimum Gasteiger partial charge on any atom is -0.394 e. The smallest absolute Gasteiger partial charge is 0.229 e. The van der Waals surface area contributed by atoms with Gasteiger partial charge in [0.2, 0.25) is 10.0 Å². The topological polar surface area (TPSA) is 120 Å². The molecule has 0 amide bonds. The van der Waals surface area contributed by atoms with E-state index in [1.165, 1.54) is 6.33 Å². The second-order valence-corrected chi connectivity index (χ2v) is 8.66. The van der Waals surface area contributed by atoms with Gasteiger partial charge < -0.3 is 15.4 Å². The quantitative estimate of drug-likeness (QED) is 0.362. The van der Waals surface area contributed by atoms with E-state index in [-0.39, 0.29) is 12.6 Å². The zero-order valence-corrected chi connectivity index (χ0v) is 17.0. The van der Waals surface area contributed by atoms with Crippen LogP contribution in [0.5, 0.6) is 0 Å². The Morgan fingerprint density at radius 3 is 2.47 bits per heavy atom. The van der Waals surface area contributed by atoms with Crippen molar-refractivity contribution in [3.05, 3.63) is 72.6 Å². The summed E-state index contributed by atoms with van der Waals surface area (Å²) < 4.78 is 25.2. The first-order valence-electron chi connectivity index (χ1n) is 9.27. The van der Waals surface area contributed by atoms with E-state index >= 15 is 0 Å². The molecule has 2 aromatic carbocycles. The van der Waals surface area contributed by atoms with Gasteiger partial charge >= 0.3 is 0 Å². The van der Waals surface area contributed by atoms with Gasteiger partial charge in [0.1, 0.15) is 17.8 Å². The number of aromatic amines is 1. The number of aromatic nitrogens is 3. The third-order valence-corrected chi connectivity index (χ3v) is 5.23. The average molecular weight is 423 g/mol. The van der Waals surface area contributed by atoms with E-state index in [1.807, 2.05) is 48.5 Å². The number of sulfonamides is 1. The minimum atomic E-state index is -3.32. The maximum absolute atomic E-state index is 11.4. The fraction of sp³-hybridized carbons (Fsp3) is 0.143. The molecule has 4 N–H and O–H groups in total. The molecule has 0 saturated carbocycles. The number of benzene rings is 2. The van der Waals surface area contributed by atoms with Crippen molar-refractivity contribution in [3.63, 3.8) is 0 Å². The van der Waals surface area contributed by atoms with Crippen molar-refractivity contribution in [1.29, 1.82) is 0 Å². The van der Waals surface area contributed by atoms with E-state index in [4.69, 9.17) is 0 Å². The van der Waals surface area contributed by atoms with Gasteiger partial charge in [-0.1, -0.05) is 42.5 Å². The summed E-state index contributed by atoms with van der Waals surface area (Å²) in [5, 5.41) is 13.9. The second kappa shape index (κ2) is 8.13. The summed E-state index contributed by atoms with van der Waals surface area (Å²) in [6, 6.07) is 18.3. The van der Waals surface area contributed by atoms with Crippen molar-refractivity contribution in [2.24, 2.45) is 0 Å². The number of hydrogen-bond acceptors (Lipinski definition) is 6. The lowest BCUT2D eigenvalue weighted by molar-refractivity contribution is 0.276. The Bertz CT molecular complexity index is 1260. The highest BCUT2D eigenvalue weighted by molar-refractivity contribution is 7.92. The van der Waals surface area contributed by atoms with Gasteiger partial charge in [-0.3, -0.25) is 4.72 Å². The van der Waals surface area contributed by atoms with E-state index < -0.39 is 10.0 Å². The van der Waals surface area contributed by atoms with Crippen molar-refractivity contribution >= 4 is 32.6 Å². The summed E-state index contributed by atoms with van der Waals surface area (Å²) in [4.78, 5) is 11.9. The number of anilines is 2. The Morgan fingerprint density at radius 1 is 1.07 bits per heavy atom. The summed E-state index contributed by atoms with van der Waals surface area (Å²) >= 11 is 0. The molecule has 0 aliphatic heterocycles. The van der Waals surface area contributed by atoms with Gasteiger partial charge in [-0.2, -0.15) is 0 Å². The van der Waals surface area contributed by atoms with E-state index in [0.29, 0.717) is 17.2 Å². The minimum absolute atomic E-state index is 0.0818. The fourth-order valence-corrected chi connectivity index (χ4v) is 3.79. The maximum Gasteiger partial charge on any atom is 0.229 e. The van der Waals surface area contributed by atoms with Gasteiger partial charge in [0.15, 0.2) is 0 Å². The Balaban J connectivity index is 1.64. The Hall–Kier alpha value is -3.43. The summed E-state index contributed by atoms with van der Waals surface area (Å²) in [6.07, 6.45) is 2.57. The molecule has 0 fully saturated rings. The molecule has 2 heterocycles. The van der Waals surface area contributed by atoms with Crippen LogP contribution in [-0.2, 0) is 10.0 Å². The standard InChI is InChI=1S/C21H21N5O3S/c1-30(28,29)26-16-9-7-15(8-10-16)18-11-17-20(24-18)22-13-23-21(17)25-19(12-27)14-5-3-2-4-6-14/h2-11,13,19,26-27H,12H2,1H3,(H2,22,23,24,25)/t19-/m1/s1. The number of H-pyrrole nitrogens is 1. The molecular formula is C21H21N5O3S. The lowest BCUT2D eigenvalue weighted by Gasteiger charge is -2.17. The largest absolute Gasteiger partial charge is 0.394 e. The second-order valence-electron chi connectivity index (χ2n) is 6.91. The first kappa shape index (κ1) is 19.9. The summed E-state index contributed by atoms with van der Waals surface area (Å²) in [7, 11) is -3.32. The number of nitrogens with one attached hydrogen (secondary N) is 3. The van der Waals surface area contributed by atoms with Gasteiger partial charge in [-0.25, -0.2) is 18.4 Å². The van der Waals surface area contributed by atoms with Crippen molar-refractivity contribution in [3.8, 4) is 11.3 Å². The Morgan fingerprint density at radius 2 is 1.80 bits per heavy atom. The molecule has 9 heteroatoms. The third-order valence-electron chi connectivity index (χ3n) is 4.62. The van der Waals surface area contributed by atoms with Gasteiger partial charge in [0, 0.05) is 11.4 Å². The van der Waals surface area contributed by atoms with Crippen LogP contribution in [-0.4, -0.2) is 41.3 Å². The van der Waals surface area contributed by atoms with Crippen LogP contribution >= 0.6 is 0 Å². The van der Waals surface area contributed by atoms with Crippen molar-refractivity contribution in [2.75, 3.05) is 22.9 Å². The molecule has 154 valence electrons. The highest BCUT2D eigenvalue weighted by Gasteiger charge is 2.15. The van der Waals surface area contributed by atoms with Gasteiger partial charge in [-0.05, 0) is 29.3 Å². The average Bonchev–Trinajstić information content (AvgIpc) is 3.17. The molecule has 0 spiro atoms. The zero-order valence-electron chi connectivity index (χ0n) is 16.2. The normalized spacial score (nSPS) is 12.6. The van der Waals surface area contributed by atoms with Crippen LogP contribution in [0.1, 0.15) is 11.6 Å². The number of hydrogen-bond donors (Lipinski definition) is 4. The summed E-state index contributed by atoms with van der Waals surface area (Å²) in [5.74, 6) is 0.612. The number of nitrogens with zero attached hydrogens (tertiary/aromatic N) is 2. The predicted octanol–water partition coefficient (Wildman–Crippen LogP) is 3.14. The molecule has 0 aliphatic rings. The first-order chi connectivity index (χ1) is 14.4. The Labute approximate surface area is 174 Å². The summed E-state index contributed by atoms with van der Waals surface area (Å²) in [5.41, 5.74) is 3.80. The SMILES string of the molecule is CS(=O)(=O)Nc1ccc(-c2cc3c(N[C@H](CO)c4ccccc4)ncnc3[nH]2)cc1. The van der Waals surface area contributed by atoms with Crippen molar-refractivity contribution in [1.82, 2.24) is 15.0 Å². The van der Waals surface area contributed by atoms with Crippen molar-refractivity contribution < 1.29 is 13.5 Å². The predicted molar refractivity (Wildman–Crippen MR) is 118 cm³/mol. The highest BCUT2D eigenvalue weighted by Crippen LogP contribution is 2.29. The number of rotatable bonds is 7. The van der Waals surface area contributed by atoms with Gasteiger partial charge in [0.05, 0.1) is 24.3 Å². The highest BCUT2D eigenvalue weighted by atomic mass is 32.2. The monoisotopic (exact) mass is 423 g/mol. The van der Waals surface area contributed by atoms with Gasteiger partial charge in [-0.15, -0.1) is 0 Å². The van der Waals surface area contributed by atoms with E-state index in [0.717, 1.165) is 28.5 Å². The molecule has 4 rings (SSSR count). The van der Waals surface area contributed by atoms with Crippen LogP contribution in [0.25, 0.3) is 22.3 Å². The van der Waals surface area contributed by atoms with Crippen LogP contribution in [0.15, 0.2) is 67.0 Å². The van der Waals surface area contributed by atoms with E-state index in [1.54, 1.807) is 12.1 Å². The number of aliphatic hydroxyl groups is 1. The molecule has 0 unspecified atom stereocenters. The number of aliphatic hydroxyl groups excluding tert-OH is 1. The fourth-order valence-electron chi connectivity index (χ4n) is 3.23. The molecule has 8 nitrogen and oxygen atoms in total. The number of fused-ring (bicyclic) bond motifs is 1. The lowest BCUT2D eigenvalue weighted by Crippen LogP contribution is -2.15. The molecule has 4 aromatic rings. The summed E-state index contributed by atoms with van der Waals surface area (Å²) in [6.45, 7) is -0.0818. The van der Waals surface area contributed by atoms with Crippen LogP contribution in [0.4, 0.5) is 11.5 Å². The van der Waals surface area contributed by atoms with Gasteiger partial charge in [0.25, 0.3) is 0 Å². The molecule has 30 heavy (non-hydrogen) atoms. The molecule has 2 aromatic heterocycles. The first-order valence-corrected chi connectivity index (χ1v) is 11.2. The molecule has 0 radical (unpaired) electrons. The van der Waals surface area contributed by atoms with Crippen LogP contribution < -0.4 is 10.0 Å². The molecule has 1 atom stereocenters. The lowest BCUT2D eigenvalue weighted by atomic mass is 10.1. The van der Waals surface area contributed by atoms with E-state index in [2.05, 4.69) is 25.0 Å². The molecule has 0 aliphatic carbocycles. The zero-order chi connectivity index (χ0) is 21.1. The van der Waals surface area contributed by atoms with Crippen LogP contribution in [0, 0.1) is 0 Å².